The number of hydrogen-bond acceptors (Lipinski definition) is 1. The Balaban J connectivity index is 3.34. The summed E-state index contributed by atoms with van der Waals surface area (Å²) in [5, 5.41) is 9.39. The van der Waals surface area contributed by atoms with Gasteiger partial charge in [-0.05, 0) is 42.5 Å². The molecule has 1 rings (SSSR count). The standard InChI is InChI=1S/C10H10ClF2IO/c1-9(2,15)10(12,13)6-4-3-5-7(14)8(6)11/h3-5,15H,1-2H3. The zero-order chi connectivity index (χ0) is 11.9. The number of rotatable bonds is 2. The first-order chi connectivity index (χ1) is 6.68. The maximum Gasteiger partial charge on any atom is 0.302 e. The van der Waals surface area contributed by atoms with Gasteiger partial charge in [0.05, 0.1) is 5.02 Å². The topological polar surface area (TPSA) is 20.2 Å². The van der Waals surface area contributed by atoms with E-state index >= 15 is 0 Å². The Hall–Kier alpha value is 0.0600. The Morgan fingerprint density at radius 3 is 2.33 bits per heavy atom. The van der Waals surface area contributed by atoms with E-state index < -0.39 is 11.5 Å². The molecule has 0 spiro atoms. The highest BCUT2D eigenvalue weighted by atomic mass is 127. The summed E-state index contributed by atoms with van der Waals surface area (Å²) in [6, 6.07) is 4.35. The minimum absolute atomic E-state index is 0.00905. The van der Waals surface area contributed by atoms with Crippen LogP contribution in [0.4, 0.5) is 8.78 Å². The van der Waals surface area contributed by atoms with Gasteiger partial charge < -0.3 is 5.11 Å². The number of benzene rings is 1. The molecule has 0 amide bonds. The maximum absolute atomic E-state index is 13.8. The SMILES string of the molecule is CC(C)(O)C(F)(F)c1cccc(I)c1Cl. The third-order valence-electron chi connectivity index (χ3n) is 2.06. The summed E-state index contributed by atoms with van der Waals surface area (Å²) in [7, 11) is 0. The Morgan fingerprint density at radius 1 is 1.33 bits per heavy atom. The van der Waals surface area contributed by atoms with E-state index in [-0.39, 0.29) is 10.6 Å². The molecule has 0 aliphatic rings. The van der Waals surface area contributed by atoms with Crippen molar-refractivity contribution in [3.8, 4) is 0 Å². The van der Waals surface area contributed by atoms with E-state index in [4.69, 9.17) is 11.6 Å². The van der Waals surface area contributed by atoms with Gasteiger partial charge in [-0.3, -0.25) is 0 Å². The molecule has 0 radical (unpaired) electrons. The van der Waals surface area contributed by atoms with E-state index in [1.807, 2.05) is 22.6 Å². The average Bonchev–Trinajstić information content (AvgIpc) is 2.07. The third-order valence-corrected chi connectivity index (χ3v) is 3.68. The molecule has 0 heterocycles. The molecular weight excluding hydrogens is 336 g/mol. The van der Waals surface area contributed by atoms with Gasteiger partial charge in [0.1, 0.15) is 5.60 Å². The smallest absolute Gasteiger partial charge is 0.302 e. The van der Waals surface area contributed by atoms with Crippen molar-refractivity contribution >= 4 is 34.2 Å². The van der Waals surface area contributed by atoms with Crippen LogP contribution >= 0.6 is 34.2 Å². The van der Waals surface area contributed by atoms with E-state index in [1.165, 1.54) is 12.1 Å². The molecule has 5 heteroatoms. The summed E-state index contributed by atoms with van der Waals surface area (Å²) in [5.74, 6) is -3.37. The van der Waals surface area contributed by atoms with Crippen molar-refractivity contribution in [3.63, 3.8) is 0 Å². The number of hydrogen-bond donors (Lipinski definition) is 1. The van der Waals surface area contributed by atoms with E-state index in [9.17, 15) is 13.9 Å². The fourth-order valence-corrected chi connectivity index (χ4v) is 1.82. The fraction of sp³-hybridized carbons (Fsp3) is 0.400. The molecule has 1 aromatic rings. The molecular formula is C10H10ClF2IO. The molecule has 0 unspecified atom stereocenters. The molecule has 0 aliphatic carbocycles. The summed E-state index contributed by atoms with van der Waals surface area (Å²) in [6.07, 6.45) is 0. The summed E-state index contributed by atoms with van der Waals surface area (Å²) >= 11 is 7.66. The Morgan fingerprint density at radius 2 is 1.87 bits per heavy atom. The van der Waals surface area contributed by atoms with Crippen molar-refractivity contribution in [2.45, 2.75) is 25.4 Å². The first-order valence-corrected chi connectivity index (χ1v) is 5.68. The molecule has 0 atom stereocenters. The summed E-state index contributed by atoms with van der Waals surface area (Å²) in [4.78, 5) is 0. The van der Waals surface area contributed by atoms with Crippen LogP contribution in [-0.4, -0.2) is 10.7 Å². The van der Waals surface area contributed by atoms with E-state index in [0.717, 1.165) is 13.8 Å². The molecule has 0 saturated carbocycles. The van der Waals surface area contributed by atoms with Crippen molar-refractivity contribution in [3.05, 3.63) is 32.4 Å². The lowest BCUT2D eigenvalue weighted by molar-refractivity contribution is -0.168. The van der Waals surface area contributed by atoms with Crippen molar-refractivity contribution in [1.82, 2.24) is 0 Å². The van der Waals surface area contributed by atoms with Crippen LogP contribution in [0.2, 0.25) is 5.02 Å². The van der Waals surface area contributed by atoms with E-state index in [0.29, 0.717) is 3.57 Å². The fourth-order valence-electron chi connectivity index (χ4n) is 1.08. The molecule has 15 heavy (non-hydrogen) atoms. The first kappa shape index (κ1) is 13.1. The molecule has 0 saturated heterocycles. The van der Waals surface area contributed by atoms with Gasteiger partial charge in [0.25, 0.3) is 0 Å². The van der Waals surface area contributed by atoms with Gasteiger partial charge in [-0.15, -0.1) is 0 Å². The predicted octanol–water partition coefficient (Wildman–Crippen LogP) is 3.81. The largest absolute Gasteiger partial charge is 0.384 e. The second kappa shape index (κ2) is 4.14. The predicted molar refractivity (Wildman–Crippen MR) is 64.4 cm³/mol. The second-order valence-electron chi connectivity index (χ2n) is 3.73. The first-order valence-electron chi connectivity index (χ1n) is 4.22. The Kier molecular flexibility index (Phi) is 3.63. The zero-order valence-corrected chi connectivity index (χ0v) is 11.1. The molecule has 1 aromatic carbocycles. The van der Waals surface area contributed by atoms with Crippen LogP contribution in [0, 0.1) is 3.57 Å². The zero-order valence-electron chi connectivity index (χ0n) is 8.19. The van der Waals surface area contributed by atoms with Gasteiger partial charge in [0.2, 0.25) is 0 Å². The lowest BCUT2D eigenvalue weighted by Crippen LogP contribution is -2.40. The molecule has 84 valence electrons. The summed E-state index contributed by atoms with van der Waals surface area (Å²) in [6.45, 7) is 2.12. The molecule has 1 nitrogen and oxygen atoms in total. The van der Waals surface area contributed by atoms with Gasteiger partial charge >= 0.3 is 5.92 Å². The van der Waals surface area contributed by atoms with Crippen LogP contribution in [0.5, 0.6) is 0 Å². The molecule has 0 fully saturated rings. The van der Waals surface area contributed by atoms with E-state index in [1.54, 1.807) is 6.07 Å². The average molecular weight is 347 g/mol. The Bertz CT molecular complexity index is 374. The maximum atomic E-state index is 13.8. The van der Waals surface area contributed by atoms with Crippen molar-refractivity contribution in [2.75, 3.05) is 0 Å². The highest BCUT2D eigenvalue weighted by Gasteiger charge is 2.48. The van der Waals surface area contributed by atoms with Crippen LogP contribution in [-0.2, 0) is 5.92 Å². The normalized spacial score (nSPS) is 13.0. The van der Waals surface area contributed by atoms with Crippen LogP contribution in [0.3, 0.4) is 0 Å². The van der Waals surface area contributed by atoms with Crippen LogP contribution < -0.4 is 0 Å². The van der Waals surface area contributed by atoms with Gasteiger partial charge in [-0.2, -0.15) is 8.78 Å². The lowest BCUT2D eigenvalue weighted by Gasteiger charge is -2.30. The number of halogens is 4. The van der Waals surface area contributed by atoms with Crippen molar-refractivity contribution in [2.24, 2.45) is 0 Å². The number of alkyl halides is 2. The quantitative estimate of drug-likeness (QED) is 0.808. The van der Waals surface area contributed by atoms with Crippen LogP contribution in [0.15, 0.2) is 18.2 Å². The Labute approximate surface area is 106 Å². The van der Waals surface area contributed by atoms with Gasteiger partial charge in [0, 0.05) is 9.13 Å². The molecule has 0 bridgehead atoms. The van der Waals surface area contributed by atoms with Gasteiger partial charge in [-0.25, -0.2) is 0 Å². The van der Waals surface area contributed by atoms with Crippen LogP contribution in [0.1, 0.15) is 19.4 Å². The highest BCUT2D eigenvalue weighted by Crippen LogP contribution is 2.42. The minimum atomic E-state index is -3.37. The highest BCUT2D eigenvalue weighted by molar-refractivity contribution is 14.1. The molecule has 0 aliphatic heterocycles. The molecule has 0 aromatic heterocycles. The minimum Gasteiger partial charge on any atom is -0.384 e. The van der Waals surface area contributed by atoms with E-state index in [2.05, 4.69) is 0 Å². The summed E-state index contributed by atoms with van der Waals surface area (Å²) in [5.41, 5.74) is -2.48. The lowest BCUT2D eigenvalue weighted by atomic mass is 9.93. The van der Waals surface area contributed by atoms with Gasteiger partial charge in [0.15, 0.2) is 0 Å². The van der Waals surface area contributed by atoms with Gasteiger partial charge in [-0.1, -0.05) is 23.7 Å². The molecule has 1 N–H and O–H groups in total. The summed E-state index contributed by atoms with van der Waals surface area (Å²) < 4.78 is 28.1. The second-order valence-corrected chi connectivity index (χ2v) is 5.27. The van der Waals surface area contributed by atoms with Crippen molar-refractivity contribution in [1.29, 1.82) is 0 Å². The third kappa shape index (κ3) is 2.42. The number of aliphatic hydroxyl groups is 1. The monoisotopic (exact) mass is 346 g/mol. The van der Waals surface area contributed by atoms with Crippen LogP contribution in [0.25, 0.3) is 0 Å². The van der Waals surface area contributed by atoms with Crippen molar-refractivity contribution < 1.29 is 13.9 Å².